The van der Waals surface area contributed by atoms with E-state index in [4.69, 9.17) is 0 Å². The van der Waals surface area contributed by atoms with Gasteiger partial charge in [-0.2, -0.15) is 0 Å². The van der Waals surface area contributed by atoms with E-state index in [2.05, 4.69) is 10.0 Å². The molecule has 3 rings (SSSR count). The molecule has 29 heavy (non-hydrogen) atoms. The van der Waals surface area contributed by atoms with E-state index >= 15 is 0 Å². The summed E-state index contributed by atoms with van der Waals surface area (Å²) < 4.78 is 27.2. The van der Waals surface area contributed by atoms with Crippen molar-refractivity contribution >= 4 is 39.1 Å². The molecular weight excluding hydrogens is 414 g/mol. The van der Waals surface area contributed by atoms with Gasteiger partial charge in [0.2, 0.25) is 21.8 Å². The molecule has 0 aliphatic carbocycles. The zero-order valence-corrected chi connectivity index (χ0v) is 17.2. The standard InChI is InChI=1S/C19H21N3O5S2/c23-17-8-9-18(24)22(17)11-2-10-20-19(25)14-4-6-16(7-5-14)29(26,27)21-13-15-3-1-12-28-15/h1,3-7,12,21H,2,8-11,13H2,(H,20,25). The lowest BCUT2D eigenvalue weighted by Crippen LogP contribution is -2.33. The minimum atomic E-state index is -3.66. The summed E-state index contributed by atoms with van der Waals surface area (Å²) in [5.74, 6) is -0.698. The maximum Gasteiger partial charge on any atom is 0.251 e. The van der Waals surface area contributed by atoms with Gasteiger partial charge in [0.15, 0.2) is 0 Å². The minimum absolute atomic E-state index is 0.0802. The Hall–Kier alpha value is -2.56. The van der Waals surface area contributed by atoms with Crippen LogP contribution in [0.15, 0.2) is 46.7 Å². The van der Waals surface area contributed by atoms with Crippen LogP contribution in [0.5, 0.6) is 0 Å². The SMILES string of the molecule is O=C(NCCCN1C(=O)CCC1=O)c1ccc(S(=O)(=O)NCc2cccs2)cc1. The number of rotatable bonds is 9. The molecule has 1 aliphatic heterocycles. The average molecular weight is 436 g/mol. The lowest BCUT2D eigenvalue weighted by molar-refractivity contribution is -0.138. The molecule has 8 nitrogen and oxygen atoms in total. The quantitative estimate of drug-likeness (QED) is 0.458. The molecule has 0 bridgehead atoms. The summed E-state index contributed by atoms with van der Waals surface area (Å²) in [6, 6.07) is 9.35. The number of carbonyl (C=O) groups is 3. The number of hydrogen-bond donors (Lipinski definition) is 2. The number of thiophene rings is 1. The maximum absolute atomic E-state index is 12.3. The van der Waals surface area contributed by atoms with Crippen LogP contribution in [0.4, 0.5) is 0 Å². The van der Waals surface area contributed by atoms with Gasteiger partial charge in [-0.05, 0) is 42.1 Å². The molecule has 1 aromatic heterocycles. The number of sulfonamides is 1. The summed E-state index contributed by atoms with van der Waals surface area (Å²) in [4.78, 5) is 37.4. The van der Waals surface area contributed by atoms with Crippen molar-refractivity contribution in [3.8, 4) is 0 Å². The van der Waals surface area contributed by atoms with Gasteiger partial charge in [0, 0.05) is 42.9 Å². The van der Waals surface area contributed by atoms with Crippen molar-refractivity contribution in [2.24, 2.45) is 0 Å². The van der Waals surface area contributed by atoms with Crippen LogP contribution in [0.1, 0.15) is 34.5 Å². The smallest absolute Gasteiger partial charge is 0.251 e. The molecule has 2 heterocycles. The second kappa shape index (κ2) is 9.29. The summed E-state index contributed by atoms with van der Waals surface area (Å²) in [6.07, 6.45) is 0.966. The predicted molar refractivity (Wildman–Crippen MR) is 108 cm³/mol. The highest BCUT2D eigenvalue weighted by Gasteiger charge is 2.27. The van der Waals surface area contributed by atoms with E-state index in [9.17, 15) is 22.8 Å². The highest BCUT2D eigenvalue weighted by molar-refractivity contribution is 7.89. The van der Waals surface area contributed by atoms with E-state index in [-0.39, 0.29) is 48.5 Å². The van der Waals surface area contributed by atoms with Gasteiger partial charge in [-0.15, -0.1) is 11.3 Å². The summed E-state index contributed by atoms with van der Waals surface area (Å²) >= 11 is 1.46. The van der Waals surface area contributed by atoms with Crippen LogP contribution in [-0.4, -0.2) is 44.1 Å². The minimum Gasteiger partial charge on any atom is -0.352 e. The summed E-state index contributed by atoms with van der Waals surface area (Å²) in [5.41, 5.74) is 0.329. The number of carbonyl (C=O) groups excluding carboxylic acids is 3. The van der Waals surface area contributed by atoms with Crippen LogP contribution in [0, 0.1) is 0 Å². The highest BCUT2D eigenvalue weighted by atomic mass is 32.2. The van der Waals surface area contributed by atoms with Crippen LogP contribution in [0.25, 0.3) is 0 Å². The second-order valence-corrected chi connectivity index (χ2v) is 9.28. The number of nitrogens with zero attached hydrogens (tertiary/aromatic N) is 1. The second-order valence-electron chi connectivity index (χ2n) is 6.48. The molecule has 10 heteroatoms. The zero-order valence-electron chi connectivity index (χ0n) is 15.6. The molecule has 0 saturated carbocycles. The molecule has 0 spiro atoms. The average Bonchev–Trinajstić information content (AvgIpc) is 3.34. The fourth-order valence-corrected chi connectivity index (χ4v) is 4.60. The number of hydrogen-bond acceptors (Lipinski definition) is 6. The topological polar surface area (TPSA) is 113 Å². The Balaban J connectivity index is 1.48. The summed E-state index contributed by atoms with van der Waals surface area (Å²) in [5, 5.41) is 4.58. The molecule has 0 atom stereocenters. The van der Waals surface area contributed by atoms with E-state index in [0.29, 0.717) is 18.5 Å². The third kappa shape index (κ3) is 5.49. The third-order valence-corrected chi connectivity index (χ3v) is 6.74. The molecule has 0 radical (unpaired) electrons. The van der Waals surface area contributed by atoms with Gasteiger partial charge >= 0.3 is 0 Å². The van der Waals surface area contributed by atoms with Gasteiger partial charge in [-0.1, -0.05) is 6.07 Å². The fourth-order valence-electron chi connectivity index (χ4n) is 2.86. The maximum atomic E-state index is 12.3. The van der Waals surface area contributed by atoms with E-state index < -0.39 is 10.0 Å². The van der Waals surface area contributed by atoms with Gasteiger partial charge in [0.25, 0.3) is 5.91 Å². The number of nitrogens with one attached hydrogen (secondary N) is 2. The Morgan fingerprint density at radius 1 is 1.07 bits per heavy atom. The van der Waals surface area contributed by atoms with Crippen LogP contribution >= 0.6 is 11.3 Å². The van der Waals surface area contributed by atoms with Gasteiger partial charge in [-0.25, -0.2) is 13.1 Å². The fraction of sp³-hybridized carbons (Fsp3) is 0.316. The molecule has 3 amide bonds. The first-order valence-electron chi connectivity index (χ1n) is 9.10. The molecule has 1 saturated heterocycles. The first kappa shape index (κ1) is 21.2. The van der Waals surface area contributed by atoms with Gasteiger partial charge in [0.05, 0.1) is 4.90 Å². The first-order chi connectivity index (χ1) is 13.9. The zero-order chi connectivity index (χ0) is 20.9. The van der Waals surface area contributed by atoms with E-state index in [1.165, 1.54) is 40.5 Å². The van der Waals surface area contributed by atoms with Crippen LogP contribution in [0.3, 0.4) is 0 Å². The van der Waals surface area contributed by atoms with Crippen molar-refractivity contribution in [2.75, 3.05) is 13.1 Å². The van der Waals surface area contributed by atoms with Crippen molar-refractivity contribution in [2.45, 2.75) is 30.7 Å². The lowest BCUT2D eigenvalue weighted by atomic mass is 10.2. The van der Waals surface area contributed by atoms with E-state index in [1.54, 1.807) is 0 Å². The number of amides is 3. The molecule has 1 aromatic carbocycles. The number of likely N-dealkylation sites (tertiary alicyclic amines) is 1. The highest BCUT2D eigenvalue weighted by Crippen LogP contribution is 2.14. The molecular formula is C19H21N3O5S2. The first-order valence-corrected chi connectivity index (χ1v) is 11.5. The van der Waals surface area contributed by atoms with Gasteiger partial charge in [0.1, 0.15) is 0 Å². The van der Waals surface area contributed by atoms with Gasteiger partial charge < -0.3 is 5.32 Å². The third-order valence-electron chi connectivity index (χ3n) is 4.44. The summed E-state index contributed by atoms with van der Waals surface area (Å²) in [6.45, 7) is 0.799. The Kier molecular flexibility index (Phi) is 6.78. The van der Waals surface area contributed by atoms with E-state index in [0.717, 1.165) is 4.88 Å². The van der Waals surface area contributed by atoms with Crippen LogP contribution in [-0.2, 0) is 26.2 Å². The molecule has 2 aromatic rings. The normalized spacial score (nSPS) is 14.4. The van der Waals surface area contributed by atoms with Crippen LogP contribution in [0.2, 0.25) is 0 Å². The van der Waals surface area contributed by atoms with Gasteiger partial charge in [-0.3, -0.25) is 19.3 Å². The summed E-state index contributed by atoms with van der Waals surface area (Å²) in [7, 11) is -3.66. The van der Waals surface area contributed by atoms with E-state index in [1.807, 2.05) is 17.5 Å². The predicted octanol–water partition coefficient (Wildman–Crippen LogP) is 1.50. The van der Waals surface area contributed by atoms with Crippen LogP contribution < -0.4 is 10.0 Å². The van der Waals surface area contributed by atoms with Crippen molar-refractivity contribution in [1.82, 2.24) is 14.9 Å². The Bertz CT molecular complexity index is 969. The Morgan fingerprint density at radius 2 is 1.76 bits per heavy atom. The molecule has 2 N–H and O–H groups in total. The number of imide groups is 1. The largest absolute Gasteiger partial charge is 0.352 e. The molecule has 0 unspecified atom stereocenters. The van der Waals surface area contributed by atoms with Crippen molar-refractivity contribution in [1.29, 1.82) is 0 Å². The van der Waals surface area contributed by atoms with Crippen molar-refractivity contribution in [3.63, 3.8) is 0 Å². The van der Waals surface area contributed by atoms with Crippen molar-refractivity contribution in [3.05, 3.63) is 52.2 Å². The Labute approximate surface area is 173 Å². The molecule has 1 fully saturated rings. The monoisotopic (exact) mass is 435 g/mol. The molecule has 154 valence electrons. The molecule has 1 aliphatic rings. The number of benzene rings is 1. The Morgan fingerprint density at radius 3 is 2.38 bits per heavy atom. The van der Waals surface area contributed by atoms with Crippen molar-refractivity contribution < 1.29 is 22.8 Å². The lowest BCUT2D eigenvalue weighted by Gasteiger charge is -2.13.